The second-order valence-corrected chi connectivity index (χ2v) is 17.1. The van der Waals surface area contributed by atoms with E-state index in [1.807, 2.05) is 13.0 Å². The molecule has 2 aliphatic heterocycles. The van der Waals surface area contributed by atoms with Crippen LogP contribution in [0.15, 0.2) is 85.1 Å². The normalized spacial score (nSPS) is 39.3. The van der Waals surface area contributed by atoms with E-state index in [0.717, 1.165) is 0 Å². The number of allylic oxidation sites excluding steroid dienone is 12. The van der Waals surface area contributed by atoms with Crippen LogP contribution < -0.4 is 5.73 Å². The number of ether oxygens (including phenoxy) is 3. The van der Waals surface area contributed by atoms with Gasteiger partial charge in [-0.15, -0.1) is 0 Å². The zero-order valence-corrected chi connectivity index (χ0v) is 37.6. The fraction of sp³-hybridized carbons (Fsp3) is 0.638. The van der Waals surface area contributed by atoms with Gasteiger partial charge in [0, 0.05) is 37.5 Å². The fourth-order valence-corrected chi connectivity index (χ4v) is 7.29. The summed E-state index contributed by atoms with van der Waals surface area (Å²) in [6.45, 7) is 6.69. The molecule has 0 bridgehead atoms. The molecule has 2 heterocycles. The van der Waals surface area contributed by atoms with Crippen molar-refractivity contribution >= 4 is 17.7 Å². The van der Waals surface area contributed by atoms with Gasteiger partial charge in [0.2, 0.25) is 0 Å². The molecule has 18 nitrogen and oxygen atoms in total. The summed E-state index contributed by atoms with van der Waals surface area (Å²) in [5, 5.41) is 116. The molecule has 0 aliphatic carbocycles. The molecule has 0 aromatic heterocycles. The zero-order chi connectivity index (χ0) is 48.8. The van der Waals surface area contributed by atoms with Gasteiger partial charge in [-0.25, -0.2) is 0 Å². The van der Waals surface area contributed by atoms with E-state index >= 15 is 0 Å². The highest BCUT2D eigenvalue weighted by Gasteiger charge is 2.43. The third-order valence-corrected chi connectivity index (χ3v) is 11.5. The molecule has 0 aromatic carbocycles. The molecule has 18 heteroatoms. The summed E-state index contributed by atoms with van der Waals surface area (Å²) in [4.78, 5) is 37.8. The van der Waals surface area contributed by atoms with E-state index in [9.17, 15) is 70.6 Å². The van der Waals surface area contributed by atoms with Gasteiger partial charge < -0.3 is 76.1 Å². The Labute approximate surface area is 381 Å². The summed E-state index contributed by atoms with van der Waals surface area (Å²) in [5.74, 6) is -5.89. The Hall–Kier alpha value is -3.73. The van der Waals surface area contributed by atoms with Crippen LogP contribution in [0.3, 0.4) is 0 Å². The van der Waals surface area contributed by atoms with Crippen LogP contribution in [0.1, 0.15) is 79.1 Å². The first-order chi connectivity index (χ1) is 30.6. The summed E-state index contributed by atoms with van der Waals surface area (Å²) in [6.07, 6.45) is 2.00. The van der Waals surface area contributed by atoms with Crippen molar-refractivity contribution in [1.82, 2.24) is 0 Å². The lowest BCUT2D eigenvalue weighted by Crippen LogP contribution is -2.61. The van der Waals surface area contributed by atoms with Crippen molar-refractivity contribution in [3.8, 4) is 0 Å². The van der Waals surface area contributed by atoms with Crippen LogP contribution in [0.2, 0.25) is 0 Å². The van der Waals surface area contributed by atoms with Crippen LogP contribution in [-0.2, 0) is 28.6 Å². The minimum atomic E-state index is -1.95. The third-order valence-electron chi connectivity index (χ3n) is 11.5. The van der Waals surface area contributed by atoms with Gasteiger partial charge in [-0.1, -0.05) is 98.9 Å². The van der Waals surface area contributed by atoms with Gasteiger partial charge in [-0.3, -0.25) is 14.4 Å². The smallest absolute Gasteiger partial charge is 0.311 e. The fourth-order valence-electron chi connectivity index (χ4n) is 7.29. The Balaban J connectivity index is 2.29. The Morgan fingerprint density at radius 1 is 0.585 bits per heavy atom. The first-order valence-corrected chi connectivity index (χ1v) is 22.1. The van der Waals surface area contributed by atoms with Gasteiger partial charge >= 0.3 is 11.9 Å². The molecule has 0 aromatic rings. The third kappa shape index (κ3) is 21.2. The maximum atomic E-state index is 12.9. The molecule has 13 N–H and O–H groups in total. The number of hydrogen-bond acceptors (Lipinski definition) is 17. The molecule has 2 aliphatic rings. The molecule has 0 amide bonds. The topological polar surface area (TPSA) is 327 Å². The van der Waals surface area contributed by atoms with Crippen LogP contribution in [0.5, 0.6) is 0 Å². The minimum absolute atomic E-state index is 0.113. The van der Waals surface area contributed by atoms with Crippen molar-refractivity contribution in [1.29, 1.82) is 0 Å². The van der Waals surface area contributed by atoms with Crippen molar-refractivity contribution < 1.29 is 84.8 Å². The summed E-state index contributed by atoms with van der Waals surface area (Å²) < 4.78 is 17.0. The number of carbonyl (C=O) groups is 3. The first-order valence-electron chi connectivity index (χ1n) is 22.1. The van der Waals surface area contributed by atoms with Crippen molar-refractivity contribution in [2.75, 3.05) is 0 Å². The summed E-state index contributed by atoms with van der Waals surface area (Å²) in [6, 6.07) is -1.16. The number of carboxylic acids is 1. The Morgan fingerprint density at radius 3 is 1.69 bits per heavy atom. The Bertz CT molecular complexity index is 1650. The van der Waals surface area contributed by atoms with Crippen molar-refractivity contribution in [3.63, 3.8) is 0 Å². The van der Waals surface area contributed by atoms with E-state index in [4.69, 9.17) is 19.9 Å². The average Bonchev–Trinajstić information content (AvgIpc) is 3.22. The standard InChI is InChI=1S/C47H73NO17/c1-27-17-15-13-11-9-7-5-6-8-10-12-14-16-18-35(65-47-45(60)42(48)44(59)30(4)64-47)26-39(56)41(46(61)62)38(55)24-33(51)22-32(50)23-37(54)36(53)20-19-31(49)21-34(52)25-40(57)63-29(3)28(2)43(27)58/h5-18,27-32,34-39,41-45,47,49-50,52-56,58-60H,19-26,48H2,1-4H3,(H,61,62). The highest BCUT2D eigenvalue weighted by molar-refractivity contribution is 5.80. The van der Waals surface area contributed by atoms with Crippen LogP contribution in [0.4, 0.5) is 0 Å². The average molecular weight is 924 g/mol. The molecule has 65 heavy (non-hydrogen) atoms. The first kappa shape index (κ1) is 57.4. The highest BCUT2D eigenvalue weighted by Crippen LogP contribution is 2.26. The highest BCUT2D eigenvalue weighted by atomic mass is 16.7. The molecule has 2 rings (SSSR count). The Kier molecular flexibility index (Phi) is 26.3. The van der Waals surface area contributed by atoms with Crippen LogP contribution in [0, 0.1) is 17.8 Å². The number of esters is 1. The summed E-state index contributed by atoms with van der Waals surface area (Å²) >= 11 is 0. The van der Waals surface area contributed by atoms with E-state index in [1.165, 1.54) is 19.1 Å². The second kappa shape index (κ2) is 29.8. The molecule has 0 saturated carbocycles. The zero-order valence-electron chi connectivity index (χ0n) is 37.6. The van der Waals surface area contributed by atoms with Crippen LogP contribution in [-0.4, -0.2) is 166 Å². The van der Waals surface area contributed by atoms with Gasteiger partial charge in [0.15, 0.2) is 6.29 Å². The maximum absolute atomic E-state index is 12.9. The molecule has 1 saturated heterocycles. The van der Waals surface area contributed by atoms with Gasteiger partial charge in [0.1, 0.15) is 23.9 Å². The van der Waals surface area contributed by atoms with E-state index < -0.39 is 153 Å². The molecular weight excluding hydrogens is 851 g/mol. The molecule has 1 fully saturated rings. The number of rotatable bonds is 3. The van der Waals surface area contributed by atoms with Gasteiger partial charge in [-0.2, -0.15) is 0 Å². The lowest BCUT2D eigenvalue weighted by atomic mass is 9.88. The monoisotopic (exact) mass is 923 g/mol. The molecule has 0 radical (unpaired) electrons. The number of nitrogens with two attached hydrogens (primary N) is 1. The van der Waals surface area contributed by atoms with E-state index in [0.29, 0.717) is 0 Å². The number of Topliss-reactive ketones (excluding diaryl/α,β-unsaturated/α-hetero) is 1. The predicted octanol–water partition coefficient (Wildman–Crippen LogP) is 0.554. The van der Waals surface area contributed by atoms with Gasteiger partial charge in [0.05, 0.1) is 79.6 Å². The number of carbonyl (C=O) groups excluding carboxylic acids is 2. The number of aliphatic hydroxyl groups is 10. The van der Waals surface area contributed by atoms with Crippen LogP contribution >= 0.6 is 0 Å². The lowest BCUT2D eigenvalue weighted by Gasteiger charge is -2.41. The minimum Gasteiger partial charge on any atom is -0.481 e. The molecule has 368 valence electrons. The van der Waals surface area contributed by atoms with E-state index in [2.05, 4.69) is 0 Å². The predicted molar refractivity (Wildman–Crippen MR) is 238 cm³/mol. The second-order valence-electron chi connectivity index (χ2n) is 17.1. The number of aliphatic carboxylic acids is 1. The van der Waals surface area contributed by atoms with Crippen molar-refractivity contribution in [3.05, 3.63) is 85.1 Å². The van der Waals surface area contributed by atoms with Crippen molar-refractivity contribution in [2.45, 2.75) is 171 Å². The summed E-state index contributed by atoms with van der Waals surface area (Å²) in [7, 11) is 0. The number of cyclic esters (lactones) is 1. The van der Waals surface area contributed by atoms with E-state index in [-0.39, 0.29) is 25.2 Å². The maximum Gasteiger partial charge on any atom is 0.311 e. The molecular formula is C47H73NO17. The molecule has 18 unspecified atom stereocenters. The SMILES string of the molecule is CC1C=CC=CC=CC=CC=CC=CC=CC(OC2OC(C)C(O)C(N)C2O)CC(O)C(C(=O)O)C(O)CC(=O)CC(O)CC(O)C(O)CCC(O)CC(O)CC(=O)OC(C)C(C)C1O. The quantitative estimate of drug-likeness (QED) is 0.172. The number of aliphatic hydroxyl groups excluding tert-OH is 10. The van der Waals surface area contributed by atoms with Gasteiger partial charge in [0.25, 0.3) is 0 Å². The lowest BCUT2D eigenvalue weighted by molar-refractivity contribution is -0.277. The Morgan fingerprint density at radius 2 is 1.12 bits per heavy atom. The molecule has 18 atom stereocenters. The largest absolute Gasteiger partial charge is 0.481 e. The van der Waals surface area contributed by atoms with Gasteiger partial charge in [-0.05, 0) is 33.1 Å². The molecule has 0 spiro atoms. The van der Waals surface area contributed by atoms with Crippen LogP contribution in [0.25, 0.3) is 0 Å². The van der Waals surface area contributed by atoms with Crippen molar-refractivity contribution in [2.24, 2.45) is 23.5 Å². The summed E-state index contributed by atoms with van der Waals surface area (Å²) in [5.41, 5.74) is 5.95. The number of carboxylic acid groups (broad SMARTS) is 1. The van der Waals surface area contributed by atoms with E-state index in [1.54, 1.807) is 80.7 Å². The number of ketones is 1. The number of hydrogen-bond donors (Lipinski definition) is 12.